The highest BCUT2D eigenvalue weighted by Gasteiger charge is 2.81. The second-order valence-corrected chi connectivity index (χ2v) is 24.0. The van der Waals surface area contributed by atoms with E-state index in [9.17, 15) is 15.0 Å². The number of carbonyl (C=O) groups is 1. The Morgan fingerprint density at radius 2 is 1.56 bits per heavy atom. The highest BCUT2D eigenvalue weighted by atomic mass is 16.6. The van der Waals surface area contributed by atoms with Gasteiger partial charge in [0.25, 0.3) is 0 Å². The predicted molar refractivity (Wildman–Crippen MR) is 237 cm³/mol. The first-order valence-electron chi connectivity index (χ1n) is 25.4. The summed E-state index contributed by atoms with van der Waals surface area (Å²) in [5.74, 6) is 2.39. The van der Waals surface area contributed by atoms with Crippen LogP contribution in [-0.2, 0) is 27.1 Å². The molecule has 59 heavy (non-hydrogen) atoms. The van der Waals surface area contributed by atoms with Crippen molar-refractivity contribution in [3.05, 3.63) is 35.4 Å². The molecule has 0 amide bonds. The molecular weight excluding hydrogens is 729 g/mol. The molecule has 8 fully saturated rings. The van der Waals surface area contributed by atoms with Gasteiger partial charge in [0.15, 0.2) is 5.79 Å². The minimum Gasteiger partial charge on any atom is -0.481 e. The molecule has 5 heteroatoms. The van der Waals surface area contributed by atoms with Crippen LogP contribution in [0.25, 0.3) is 0 Å². The molecule has 1 aromatic carbocycles. The molecule has 1 aromatic rings. The molecule has 14 atom stereocenters. The lowest BCUT2D eigenvalue weighted by Crippen LogP contribution is -2.74. The Kier molecular flexibility index (Phi) is 11.4. The van der Waals surface area contributed by atoms with E-state index >= 15 is 0 Å². The van der Waals surface area contributed by atoms with E-state index in [4.69, 9.17) is 9.47 Å². The Morgan fingerprint density at radius 1 is 0.814 bits per heavy atom. The van der Waals surface area contributed by atoms with Crippen LogP contribution >= 0.6 is 0 Å². The van der Waals surface area contributed by atoms with Gasteiger partial charge < -0.3 is 19.7 Å². The van der Waals surface area contributed by atoms with Gasteiger partial charge in [0, 0.05) is 24.9 Å². The van der Waals surface area contributed by atoms with Crippen LogP contribution in [0.4, 0.5) is 0 Å². The summed E-state index contributed by atoms with van der Waals surface area (Å²) in [5.41, 5.74) is 2.82. The van der Waals surface area contributed by atoms with Crippen LogP contribution in [0.15, 0.2) is 24.3 Å². The molecule has 14 unspecified atom stereocenters. The van der Waals surface area contributed by atoms with Gasteiger partial charge in [-0.15, -0.1) is 0 Å². The van der Waals surface area contributed by atoms with Gasteiger partial charge in [-0.05, 0) is 165 Å². The standard InChI is InChI=1S/C54H84O5/c1-7-14-43-53-27-24-42-50(4)31-30-48(2)28-29-49(3,47(55)56)36-44(48)52(50,26-13-9-12-17-37-15-10-8-11-16-37)35-41-23-22-40(46(53)51(41,42)5)34-54(43,57)59-45(53)33-39-20-18-38(19-21-39)25-32-58-6/h18-21,37,40-46,57H,7-17,22-36H2,1-6H3,(H,55,56). The van der Waals surface area contributed by atoms with Crippen molar-refractivity contribution in [2.45, 2.75) is 207 Å². The Hall–Kier alpha value is -1.43. The molecular formula is C54H84O5. The maximum Gasteiger partial charge on any atom is 0.309 e. The van der Waals surface area contributed by atoms with Crippen LogP contribution in [0.3, 0.4) is 0 Å². The second kappa shape index (κ2) is 15.7. The van der Waals surface area contributed by atoms with E-state index in [0.717, 1.165) is 63.9 Å². The van der Waals surface area contributed by atoms with E-state index in [1.807, 2.05) is 0 Å². The smallest absolute Gasteiger partial charge is 0.309 e. The molecule has 7 saturated carbocycles. The Labute approximate surface area is 359 Å². The number of ether oxygens (including phenoxy) is 2. The van der Waals surface area contributed by atoms with Crippen molar-refractivity contribution in [3.8, 4) is 0 Å². The van der Waals surface area contributed by atoms with Gasteiger partial charge in [0.2, 0.25) is 0 Å². The lowest BCUT2D eigenvalue weighted by Gasteiger charge is -2.79. The molecule has 8 aliphatic rings. The molecule has 9 rings (SSSR count). The van der Waals surface area contributed by atoms with Gasteiger partial charge in [-0.1, -0.05) is 116 Å². The van der Waals surface area contributed by atoms with E-state index in [1.165, 1.54) is 120 Å². The summed E-state index contributed by atoms with van der Waals surface area (Å²) in [6, 6.07) is 9.25. The Morgan fingerprint density at radius 3 is 2.29 bits per heavy atom. The van der Waals surface area contributed by atoms with Crippen LogP contribution < -0.4 is 0 Å². The summed E-state index contributed by atoms with van der Waals surface area (Å²) in [7, 11) is 1.78. The Bertz CT molecular complexity index is 1670. The molecule has 1 aliphatic heterocycles. The molecule has 1 saturated heterocycles. The van der Waals surface area contributed by atoms with Crippen LogP contribution in [0.5, 0.6) is 0 Å². The third kappa shape index (κ3) is 6.53. The summed E-state index contributed by atoms with van der Waals surface area (Å²) in [4.78, 5) is 13.2. The van der Waals surface area contributed by atoms with E-state index in [0.29, 0.717) is 29.6 Å². The largest absolute Gasteiger partial charge is 0.481 e. The van der Waals surface area contributed by atoms with Crippen molar-refractivity contribution in [3.63, 3.8) is 0 Å². The van der Waals surface area contributed by atoms with Crippen molar-refractivity contribution in [2.75, 3.05) is 13.7 Å². The zero-order valence-electron chi connectivity index (χ0n) is 38.4. The fraction of sp³-hybridized carbons (Fsp3) is 0.870. The number of fused-ring (bicyclic) bond motifs is 5. The summed E-state index contributed by atoms with van der Waals surface area (Å²) in [6.07, 6.45) is 30.3. The normalized spacial score (nSPS) is 47.5. The number of methoxy groups -OCH3 is 1. The zero-order chi connectivity index (χ0) is 41.5. The van der Waals surface area contributed by atoms with Crippen LogP contribution in [0.1, 0.15) is 193 Å². The first kappa shape index (κ1) is 42.9. The molecule has 7 aliphatic carbocycles. The number of hydrogen-bond acceptors (Lipinski definition) is 4. The quantitative estimate of drug-likeness (QED) is 0.183. The van der Waals surface area contributed by atoms with Crippen LogP contribution in [0.2, 0.25) is 0 Å². The van der Waals surface area contributed by atoms with Crippen molar-refractivity contribution >= 4 is 5.97 Å². The predicted octanol–water partition coefficient (Wildman–Crippen LogP) is 13.0. The highest BCUT2D eigenvalue weighted by molar-refractivity contribution is 5.74. The number of rotatable bonds is 14. The van der Waals surface area contributed by atoms with E-state index in [2.05, 4.69) is 58.9 Å². The molecule has 330 valence electrons. The number of unbranched alkanes of at least 4 members (excludes halogenated alkanes) is 2. The van der Waals surface area contributed by atoms with E-state index in [-0.39, 0.29) is 39.1 Å². The maximum atomic E-state index is 13.2. The van der Waals surface area contributed by atoms with Crippen molar-refractivity contribution in [1.29, 1.82) is 0 Å². The number of carboxylic acid groups (broad SMARTS) is 1. The third-order valence-corrected chi connectivity index (χ3v) is 21.5. The molecule has 1 spiro atoms. The third-order valence-electron chi connectivity index (χ3n) is 21.5. The van der Waals surface area contributed by atoms with Gasteiger partial charge in [0.05, 0.1) is 18.1 Å². The fourth-order valence-corrected chi connectivity index (χ4v) is 18.8. The number of benzene rings is 1. The van der Waals surface area contributed by atoms with Gasteiger partial charge >= 0.3 is 5.97 Å². The maximum absolute atomic E-state index is 13.2. The lowest BCUT2D eigenvalue weighted by atomic mass is 9.25. The summed E-state index contributed by atoms with van der Waals surface area (Å²) in [5, 5.41) is 23.6. The average molecular weight is 813 g/mol. The van der Waals surface area contributed by atoms with Crippen molar-refractivity contribution in [2.24, 2.45) is 73.9 Å². The van der Waals surface area contributed by atoms with Gasteiger partial charge in [-0.3, -0.25) is 4.79 Å². The molecule has 1 heterocycles. The summed E-state index contributed by atoms with van der Waals surface area (Å²) >= 11 is 0. The minimum absolute atomic E-state index is 0.0162. The van der Waals surface area contributed by atoms with E-state index < -0.39 is 17.2 Å². The summed E-state index contributed by atoms with van der Waals surface area (Å²) < 4.78 is 12.6. The van der Waals surface area contributed by atoms with Crippen LogP contribution in [0, 0.1) is 73.9 Å². The molecule has 2 N–H and O–H groups in total. The molecule has 0 radical (unpaired) electrons. The average Bonchev–Trinajstić information content (AvgIpc) is 3.35. The van der Waals surface area contributed by atoms with E-state index in [1.54, 1.807) is 7.11 Å². The second-order valence-electron chi connectivity index (χ2n) is 24.0. The SMILES string of the molecule is CCCC1C2(O)CC3CCC4CC5(CCCCCC6CCCCC6)C6CC(C)(C(=O)O)CCC6(C)CCC5(C)C5CCC1(C(Cc1ccc(CCOC)cc1)O2)C3C45C. The van der Waals surface area contributed by atoms with Gasteiger partial charge in [-0.2, -0.15) is 0 Å². The first-order chi connectivity index (χ1) is 28.2. The topological polar surface area (TPSA) is 76.0 Å². The fourth-order valence-electron chi connectivity index (χ4n) is 18.8. The number of carboxylic acids is 1. The van der Waals surface area contributed by atoms with Crippen molar-refractivity contribution in [1.82, 2.24) is 0 Å². The Balaban J connectivity index is 1.08. The number of hydrogen-bond donors (Lipinski definition) is 2. The molecule has 2 bridgehead atoms. The highest BCUT2D eigenvalue weighted by Crippen LogP contribution is 2.84. The monoisotopic (exact) mass is 813 g/mol. The molecule has 0 aromatic heterocycles. The van der Waals surface area contributed by atoms with Crippen LogP contribution in [-0.4, -0.2) is 41.8 Å². The lowest BCUT2D eigenvalue weighted by molar-refractivity contribution is -0.316. The number of aliphatic carboxylic acids is 1. The van der Waals surface area contributed by atoms with Crippen molar-refractivity contribution < 1.29 is 24.5 Å². The zero-order valence-corrected chi connectivity index (χ0v) is 38.4. The summed E-state index contributed by atoms with van der Waals surface area (Å²) in [6.45, 7) is 13.4. The van der Waals surface area contributed by atoms with Gasteiger partial charge in [0.1, 0.15) is 0 Å². The first-order valence-corrected chi connectivity index (χ1v) is 25.4. The van der Waals surface area contributed by atoms with Gasteiger partial charge in [-0.25, -0.2) is 0 Å². The molecule has 5 nitrogen and oxygen atoms in total. The number of aliphatic hydroxyl groups is 1. The minimum atomic E-state index is -1.02.